The summed E-state index contributed by atoms with van der Waals surface area (Å²) in [5, 5.41) is 42.7. The van der Waals surface area contributed by atoms with Crippen molar-refractivity contribution in [3.8, 4) is 11.8 Å². The molecule has 8 heterocycles. The number of nitrogens with one attached hydrogen (secondary N) is 1. The number of aryl methyl sites for hydroxylation is 1. The average Bonchev–Trinajstić information content (AvgIpc) is 1.40. The van der Waals surface area contributed by atoms with Crippen LogP contribution in [0.2, 0.25) is 0 Å². The van der Waals surface area contributed by atoms with E-state index >= 15 is 19.5 Å². The molecular weight excluding hydrogens is 1200 g/mol. The number of fused-ring (bicyclic) bond motifs is 7. The number of aliphatic hydroxyl groups is 3. The predicted molar refractivity (Wildman–Crippen MR) is 353 cm³/mol. The molecule has 22 rings (SSSR count). The minimum Gasteiger partial charge on any atom is -0.469 e. The average molecular weight is 1300 g/mol. The number of carbonyl (C=O) groups excluding carboxylic acids is 3. The first-order valence-corrected chi connectivity index (χ1v) is 39.1. The van der Waals surface area contributed by atoms with Gasteiger partial charge in [-0.05, 0) is 233 Å². The van der Waals surface area contributed by atoms with Gasteiger partial charge in [-0.2, -0.15) is 0 Å². The second kappa shape index (κ2) is 19.3. The van der Waals surface area contributed by atoms with Crippen LogP contribution < -0.4 is 5.32 Å². The molecular formula is C83H100N2O11. The number of epoxide rings is 1. The highest BCUT2D eigenvalue weighted by Crippen LogP contribution is 2.93. The summed E-state index contributed by atoms with van der Waals surface area (Å²) in [5.41, 5.74) is -5.23. The fraction of sp³-hybridized carbons (Fsp3) is 0.747. The second-order valence-corrected chi connectivity index (χ2v) is 37.3. The minimum absolute atomic E-state index is 0.0359. The van der Waals surface area contributed by atoms with Gasteiger partial charge in [-0.3, -0.25) is 14.9 Å². The standard InChI is InChI=1S/C83H100N2O11/c1-45-57-13-8-12-48(57)22-28-76(45)26-9-27-79-64(76)34-55-33-56-38-75(24-6-7-25-75)42-77(56)37-53-36-74(2)81-54(20-17-52-41-92-63(65(52)81)35-59(62(87)40-86)50-18-21-58-51(32-50)23-29-85-44-84-39-61(58)85)19-16-49-15-14-47(30-46-10-4-3-5-11-46)31-60(49)80(83(74)71(94-83)73(91)95-81)67(53)78(68(79)66(88)70(80)89)43-93-72(90)69(77)82(55,78)96-79/h3-5,9-11,23,26,29,34,41,45,47-51,53-54,56-62,64,67-71,84,86-87,89H,6-8,12-15,17-18,20-22,24-25,27-28,30-33,35-40,42-44H2,1-2H3/t45-,47-,48+,49+,50+,51+,53-,54-,56-,57-,58+,59-,60-,61-,62+,64-,67+,68-,69-,70+,71+,74-,76-,77+,78+,79-,80-,81-,82-,83+/m0/s1. The first-order chi connectivity index (χ1) is 46.6. The summed E-state index contributed by atoms with van der Waals surface area (Å²) in [7, 11) is 0. The molecule has 5 saturated heterocycles. The molecule has 13 heteroatoms. The van der Waals surface area contributed by atoms with E-state index in [4.69, 9.17) is 23.4 Å². The number of benzene rings is 1. The van der Waals surface area contributed by atoms with E-state index in [2.05, 4.69) is 96.7 Å². The van der Waals surface area contributed by atoms with Crippen molar-refractivity contribution in [2.24, 2.45) is 133 Å². The van der Waals surface area contributed by atoms with Crippen molar-refractivity contribution in [3.63, 3.8) is 0 Å². The van der Waals surface area contributed by atoms with Crippen molar-refractivity contribution in [3.05, 3.63) is 95.1 Å². The largest absolute Gasteiger partial charge is 0.469 e. The van der Waals surface area contributed by atoms with Crippen LogP contribution in [-0.4, -0.2) is 106 Å². The molecule has 508 valence electrons. The number of furan rings is 1. The van der Waals surface area contributed by atoms with Crippen LogP contribution in [0.15, 0.2) is 77.1 Å². The van der Waals surface area contributed by atoms with Crippen LogP contribution in [0, 0.1) is 145 Å². The Balaban J connectivity index is 0.788. The van der Waals surface area contributed by atoms with E-state index in [1.54, 1.807) is 0 Å². The summed E-state index contributed by atoms with van der Waals surface area (Å²) >= 11 is 0. The predicted octanol–water partition coefficient (Wildman–Crippen LogP) is 11.3. The van der Waals surface area contributed by atoms with Crippen molar-refractivity contribution < 1.29 is 53.1 Å². The van der Waals surface area contributed by atoms with Crippen molar-refractivity contribution in [1.29, 1.82) is 0 Å². The quantitative estimate of drug-likeness (QED) is 0.0891. The summed E-state index contributed by atoms with van der Waals surface area (Å²) in [6.45, 7) is 6.42. The molecule has 15 fully saturated rings. The van der Waals surface area contributed by atoms with E-state index in [0.717, 1.165) is 114 Å². The lowest BCUT2D eigenvalue weighted by atomic mass is 9.28. The number of nitrogens with zero attached hydrogens (tertiary/aromatic N) is 1. The third kappa shape index (κ3) is 6.53. The first-order valence-electron chi connectivity index (χ1n) is 39.1. The Labute approximate surface area is 565 Å². The second-order valence-electron chi connectivity index (χ2n) is 37.3. The molecule has 9 spiro atoms. The summed E-state index contributed by atoms with van der Waals surface area (Å²) in [6, 6.07) is 11.3. The molecule has 4 N–H and O–H groups in total. The van der Waals surface area contributed by atoms with Gasteiger partial charge in [0.2, 0.25) is 0 Å². The molecule has 10 saturated carbocycles. The number of ether oxygens (including phenoxy) is 4. The van der Waals surface area contributed by atoms with Crippen molar-refractivity contribution in [1.82, 2.24) is 10.2 Å². The minimum atomic E-state index is -1.57. The zero-order valence-corrected chi connectivity index (χ0v) is 56.5. The van der Waals surface area contributed by atoms with Gasteiger partial charge in [-0.25, -0.2) is 4.79 Å². The molecule has 13 aliphatic carbocycles. The van der Waals surface area contributed by atoms with E-state index in [-0.39, 0.29) is 77.2 Å². The van der Waals surface area contributed by atoms with Crippen LogP contribution in [-0.2, 0) is 58.2 Å². The Morgan fingerprint density at radius 1 is 0.885 bits per heavy atom. The van der Waals surface area contributed by atoms with Gasteiger partial charge in [-0.1, -0.05) is 106 Å². The third-order valence-electron chi connectivity index (χ3n) is 34.9. The first kappa shape index (κ1) is 59.2. The zero-order valence-electron chi connectivity index (χ0n) is 56.5. The number of hydrogen-bond acceptors (Lipinski definition) is 13. The third-order valence-corrected chi connectivity index (χ3v) is 34.9. The Hall–Kier alpha value is -4.55. The number of rotatable bonds is 7. The van der Waals surface area contributed by atoms with E-state index < -0.39 is 97.9 Å². The highest BCUT2D eigenvalue weighted by Gasteiger charge is 3.01. The van der Waals surface area contributed by atoms with Crippen LogP contribution in [0.5, 0.6) is 0 Å². The lowest BCUT2D eigenvalue weighted by Crippen LogP contribution is -2.84. The van der Waals surface area contributed by atoms with Gasteiger partial charge >= 0.3 is 11.9 Å². The highest BCUT2D eigenvalue weighted by molar-refractivity contribution is 5.94. The number of ketones is 1. The smallest absolute Gasteiger partial charge is 0.339 e. The van der Waals surface area contributed by atoms with E-state index in [9.17, 15) is 10.2 Å². The molecule has 9 bridgehead atoms. The van der Waals surface area contributed by atoms with Gasteiger partial charge < -0.3 is 43.6 Å². The molecule has 20 aliphatic rings. The van der Waals surface area contributed by atoms with Crippen LogP contribution >= 0.6 is 0 Å². The van der Waals surface area contributed by atoms with E-state index in [0.29, 0.717) is 79.9 Å². The molecule has 1 aromatic heterocycles. The van der Waals surface area contributed by atoms with Crippen molar-refractivity contribution >= 4 is 17.7 Å². The molecule has 96 heavy (non-hydrogen) atoms. The number of aliphatic hydroxyl groups excluding tert-OH is 3. The highest BCUT2D eigenvalue weighted by atomic mass is 16.7. The van der Waals surface area contributed by atoms with E-state index in [1.165, 1.54) is 43.2 Å². The van der Waals surface area contributed by atoms with Gasteiger partial charge in [0.25, 0.3) is 0 Å². The maximum Gasteiger partial charge on any atom is 0.339 e. The Morgan fingerprint density at radius 2 is 1.76 bits per heavy atom. The van der Waals surface area contributed by atoms with Crippen LogP contribution in [0.1, 0.15) is 178 Å². The number of carbonyl (C=O) groups is 3. The topological polar surface area (TPSA) is 181 Å². The zero-order chi connectivity index (χ0) is 64.3. The summed E-state index contributed by atoms with van der Waals surface area (Å²) in [4.78, 5) is 54.0. The number of esters is 2. The summed E-state index contributed by atoms with van der Waals surface area (Å²) < 4.78 is 39.2. The Bertz CT molecular complexity index is 3880. The normalized spacial score (nSPS) is 53.9. The van der Waals surface area contributed by atoms with Gasteiger partial charge in [0.1, 0.15) is 29.7 Å². The maximum atomic E-state index is 18.3. The Morgan fingerprint density at radius 3 is 2.62 bits per heavy atom. The van der Waals surface area contributed by atoms with Gasteiger partial charge in [0.05, 0.1) is 54.4 Å². The maximum absolute atomic E-state index is 18.3. The van der Waals surface area contributed by atoms with Gasteiger partial charge in [0.15, 0.2) is 17.5 Å². The van der Waals surface area contributed by atoms with Crippen molar-refractivity contribution in [2.45, 2.75) is 221 Å². The SMILES string of the molecule is C[C@H]1[C@@H]2CCC[C@@H]2CC[C@@]12C=CC[C@]13O[C@]45C(=C[C@@H]21)C[C@H]1CC2(CCCC2)C[C@]12C[C@@H]1C[C@]6(C)[C@]78O[C@@H]7C(=O)O[C@@]67c6c(coc6C[C@@H]([C@@H]6CC[C@@H]9[C@H](C=CN%10CNC[C@@H]9%10)C6)[C@H](O)CO)CC[C@@H]7C#C[C@H]6CC[C@@H](Cc7ccccc7)C[C@@H]6[C@]86[C@H](O)C(=O)[C@H]3[C@@]4(COC(=O)[C@@H]25)[C@@H]16. The van der Waals surface area contributed by atoms with Gasteiger partial charge in [-0.15, -0.1) is 0 Å². The monoisotopic (exact) mass is 1300 g/mol. The molecule has 30 atom stereocenters. The fourth-order valence-electron chi connectivity index (χ4n) is 32.4. The number of hydrogen-bond donors (Lipinski definition) is 4. The molecule has 13 nitrogen and oxygen atoms in total. The van der Waals surface area contributed by atoms with Crippen molar-refractivity contribution in [2.75, 3.05) is 26.4 Å². The lowest BCUT2D eigenvalue weighted by Gasteiger charge is -2.74. The Kier molecular flexibility index (Phi) is 11.9. The summed E-state index contributed by atoms with van der Waals surface area (Å²) in [6.07, 6.45) is 33.6. The number of Topliss-reactive ketones (excluding diaryl/α,β-unsaturated/α-hetero) is 1. The molecule has 0 amide bonds. The fourth-order valence-corrected chi connectivity index (χ4v) is 32.4. The molecule has 7 aliphatic heterocycles. The van der Waals surface area contributed by atoms with E-state index in [1.807, 2.05) is 6.26 Å². The lowest BCUT2D eigenvalue weighted by molar-refractivity contribution is -0.320. The molecule has 0 unspecified atom stereocenters. The number of allylic oxidation sites excluding steroid dienone is 2. The molecule has 1 aromatic carbocycles. The summed E-state index contributed by atoms with van der Waals surface area (Å²) in [5.74, 6) is 7.34. The number of cyclic esters (lactones) is 1. The van der Waals surface area contributed by atoms with Gasteiger partial charge in [0, 0.05) is 52.7 Å². The van der Waals surface area contributed by atoms with Crippen LogP contribution in [0.25, 0.3) is 0 Å². The molecule has 2 aromatic rings. The molecule has 0 radical (unpaired) electrons. The van der Waals surface area contributed by atoms with Crippen LogP contribution in [0.3, 0.4) is 0 Å². The van der Waals surface area contributed by atoms with Crippen LogP contribution in [0.4, 0.5) is 0 Å².